The molecule has 1 aliphatic heterocycles. The molecule has 108 valence electrons. The standard InChI is InChI=1S/C16H19N3O.Sn/c1-6-13-9-12(7-8-17-13)14-10-18-11(2)19-15(14)20-16(3,4)5;/h7-8H,6H2,1-5H3;. The number of fused-ring (bicyclic) bond motifs is 3. The molecule has 3 rings (SSSR count). The van der Waals surface area contributed by atoms with Crippen molar-refractivity contribution in [2.24, 2.45) is 0 Å². The first-order valence-corrected chi connectivity index (χ1v) is 10.1. The van der Waals surface area contributed by atoms with E-state index in [4.69, 9.17) is 9.72 Å². The van der Waals surface area contributed by atoms with Gasteiger partial charge >= 0.3 is 136 Å². The molecule has 0 saturated carbocycles. The third kappa shape index (κ3) is 2.78. The van der Waals surface area contributed by atoms with Crippen LogP contribution in [0.1, 0.15) is 39.2 Å². The molecule has 2 aromatic heterocycles. The van der Waals surface area contributed by atoms with Gasteiger partial charge in [0.1, 0.15) is 0 Å². The van der Waals surface area contributed by atoms with E-state index in [2.05, 4.69) is 43.7 Å². The second-order valence-corrected chi connectivity index (χ2v) is 9.67. The molecule has 0 N–H and O–H groups in total. The van der Waals surface area contributed by atoms with Crippen LogP contribution in [0.2, 0.25) is 0 Å². The average Bonchev–Trinajstić information content (AvgIpc) is 2.74. The van der Waals surface area contributed by atoms with Gasteiger partial charge in [0.05, 0.1) is 0 Å². The Kier molecular flexibility index (Phi) is 3.67. The topological polar surface area (TPSA) is 47.9 Å². The van der Waals surface area contributed by atoms with Crippen LogP contribution < -0.4 is 12.0 Å². The van der Waals surface area contributed by atoms with Crippen LogP contribution in [-0.2, 0) is 6.42 Å². The first kappa shape index (κ1) is 14.8. The molecule has 0 spiro atoms. The van der Waals surface area contributed by atoms with Gasteiger partial charge in [-0.1, -0.05) is 0 Å². The van der Waals surface area contributed by atoms with Crippen LogP contribution in [0.3, 0.4) is 0 Å². The molecule has 0 aromatic carbocycles. The van der Waals surface area contributed by atoms with Crippen LogP contribution in [0.25, 0.3) is 11.1 Å². The Balaban J connectivity index is 2.19. The van der Waals surface area contributed by atoms with E-state index in [1.807, 2.05) is 13.1 Å². The molecule has 5 heteroatoms. The average molecular weight is 388 g/mol. The maximum absolute atomic E-state index is 6.11. The van der Waals surface area contributed by atoms with Crippen molar-refractivity contribution in [3.05, 3.63) is 23.8 Å². The molecule has 0 bridgehead atoms. The molecule has 0 aliphatic carbocycles. The Morgan fingerprint density at radius 3 is 2.67 bits per heavy atom. The minimum absolute atomic E-state index is 0.261. The molecule has 3 heterocycles. The third-order valence-corrected chi connectivity index (χ3v) is 7.28. The molecule has 21 heavy (non-hydrogen) atoms. The summed E-state index contributed by atoms with van der Waals surface area (Å²) in [5.41, 5.74) is 3.33. The second kappa shape index (κ2) is 5.23. The van der Waals surface area contributed by atoms with E-state index in [9.17, 15) is 0 Å². The van der Waals surface area contributed by atoms with Crippen molar-refractivity contribution in [2.45, 2.75) is 46.6 Å². The van der Waals surface area contributed by atoms with E-state index in [-0.39, 0.29) is 5.60 Å². The molecule has 0 unspecified atom stereocenters. The molecule has 2 radical (unpaired) electrons. The second-order valence-electron chi connectivity index (χ2n) is 6.17. The van der Waals surface area contributed by atoms with Crippen LogP contribution in [-0.4, -0.2) is 41.7 Å². The van der Waals surface area contributed by atoms with Gasteiger partial charge < -0.3 is 0 Å². The van der Waals surface area contributed by atoms with Crippen LogP contribution in [0.5, 0.6) is 5.88 Å². The van der Waals surface area contributed by atoms with Gasteiger partial charge in [-0.25, -0.2) is 0 Å². The van der Waals surface area contributed by atoms with Gasteiger partial charge in [-0.15, -0.1) is 0 Å². The summed E-state index contributed by atoms with van der Waals surface area (Å²) in [6.45, 7) is 10.3. The van der Waals surface area contributed by atoms with Crippen LogP contribution in [0.15, 0.2) is 12.3 Å². The minimum atomic E-state index is -0.906. The molecular weight excluding hydrogens is 369 g/mol. The molecule has 0 amide bonds. The van der Waals surface area contributed by atoms with Crippen molar-refractivity contribution in [3.63, 3.8) is 0 Å². The first-order valence-electron chi connectivity index (χ1n) is 7.22. The quantitative estimate of drug-likeness (QED) is 0.626. The zero-order valence-electron chi connectivity index (χ0n) is 13.1. The summed E-state index contributed by atoms with van der Waals surface area (Å²) in [5.74, 6) is 1.53. The van der Waals surface area contributed by atoms with E-state index in [1.165, 1.54) is 18.5 Å². The first-order chi connectivity index (χ1) is 9.89. The molecule has 4 nitrogen and oxygen atoms in total. The maximum atomic E-state index is 6.11. The summed E-state index contributed by atoms with van der Waals surface area (Å²) in [7, 11) is 0. The Bertz CT molecular complexity index is 707. The summed E-state index contributed by atoms with van der Waals surface area (Å²) < 4.78 is 8.78. The van der Waals surface area contributed by atoms with Crippen LogP contribution >= 0.6 is 0 Å². The monoisotopic (exact) mass is 389 g/mol. The van der Waals surface area contributed by atoms with E-state index < -0.39 is 21.1 Å². The predicted octanol–water partition coefficient (Wildman–Crippen LogP) is 1.56. The molecule has 0 fully saturated rings. The fourth-order valence-corrected chi connectivity index (χ4v) is 6.91. The normalized spacial score (nSPS) is 13.0. The van der Waals surface area contributed by atoms with Gasteiger partial charge in [-0.3, -0.25) is 0 Å². The summed E-state index contributed by atoms with van der Waals surface area (Å²) in [6, 6.07) is 2.09. The molecule has 2 aromatic rings. The van der Waals surface area contributed by atoms with Gasteiger partial charge in [0.25, 0.3) is 0 Å². The Hall–Kier alpha value is -1.17. The number of hydrogen-bond donors (Lipinski definition) is 0. The molecule has 0 saturated heterocycles. The van der Waals surface area contributed by atoms with Crippen molar-refractivity contribution >= 4 is 28.4 Å². The Morgan fingerprint density at radius 2 is 2.00 bits per heavy atom. The van der Waals surface area contributed by atoms with Crippen LogP contribution in [0, 0.1) is 6.92 Å². The number of pyridine rings is 1. The summed E-state index contributed by atoms with van der Waals surface area (Å²) in [4.78, 5) is 13.8. The Labute approximate surface area is 135 Å². The Morgan fingerprint density at radius 1 is 1.24 bits per heavy atom. The number of hydrogen-bond acceptors (Lipinski definition) is 4. The number of rotatable bonds is 2. The fraction of sp³-hybridized carbons (Fsp3) is 0.438. The zero-order chi connectivity index (χ0) is 15.2. The van der Waals surface area contributed by atoms with Crippen molar-refractivity contribution in [1.29, 1.82) is 0 Å². The SMILES string of the molecule is CCc1nccc2[c]1[Sn][c]1nc(C)nc(OC(C)(C)C)c1-2. The van der Waals surface area contributed by atoms with Gasteiger partial charge in [-0.05, 0) is 0 Å². The summed E-state index contributed by atoms with van der Waals surface area (Å²) in [6.07, 6.45) is 2.87. The summed E-state index contributed by atoms with van der Waals surface area (Å²) >= 11 is -0.906. The molecule has 0 atom stereocenters. The van der Waals surface area contributed by atoms with Gasteiger partial charge in [0.2, 0.25) is 0 Å². The zero-order valence-corrected chi connectivity index (χ0v) is 16.0. The predicted molar refractivity (Wildman–Crippen MR) is 84.8 cm³/mol. The van der Waals surface area contributed by atoms with Crippen molar-refractivity contribution in [3.8, 4) is 17.0 Å². The molecular formula is C16H19N3OSn. The van der Waals surface area contributed by atoms with Gasteiger partial charge in [-0.2, -0.15) is 0 Å². The van der Waals surface area contributed by atoms with Crippen molar-refractivity contribution in [1.82, 2.24) is 15.0 Å². The van der Waals surface area contributed by atoms with Gasteiger partial charge in [0, 0.05) is 0 Å². The van der Waals surface area contributed by atoms with Gasteiger partial charge in [0.15, 0.2) is 0 Å². The summed E-state index contributed by atoms with van der Waals surface area (Å²) in [5, 5.41) is 0. The van der Waals surface area contributed by atoms with Crippen molar-refractivity contribution in [2.75, 3.05) is 0 Å². The van der Waals surface area contributed by atoms with Crippen LogP contribution in [0.4, 0.5) is 0 Å². The van der Waals surface area contributed by atoms with E-state index >= 15 is 0 Å². The number of nitrogens with zero attached hydrogens (tertiary/aromatic N) is 3. The molecule has 1 aliphatic rings. The number of aromatic nitrogens is 3. The van der Waals surface area contributed by atoms with E-state index in [0.29, 0.717) is 0 Å². The number of ether oxygens (including phenoxy) is 1. The third-order valence-electron chi connectivity index (χ3n) is 3.27. The van der Waals surface area contributed by atoms with E-state index in [0.717, 1.165) is 23.7 Å². The van der Waals surface area contributed by atoms with Crippen molar-refractivity contribution < 1.29 is 4.74 Å². The number of aryl methyl sites for hydroxylation is 2. The fourth-order valence-electron chi connectivity index (χ4n) is 2.48. The van der Waals surface area contributed by atoms with E-state index in [1.54, 1.807) is 0 Å².